The van der Waals surface area contributed by atoms with Gasteiger partial charge in [0.1, 0.15) is 6.29 Å². The van der Waals surface area contributed by atoms with Crippen molar-refractivity contribution in [1.82, 2.24) is 9.80 Å². The number of ether oxygens (including phenoxy) is 2. The molecule has 0 saturated carbocycles. The first-order chi connectivity index (χ1) is 21.7. The Labute approximate surface area is 268 Å². The van der Waals surface area contributed by atoms with E-state index in [0.717, 1.165) is 60.9 Å². The van der Waals surface area contributed by atoms with E-state index < -0.39 is 0 Å². The van der Waals surface area contributed by atoms with Crippen LogP contribution in [-0.2, 0) is 27.4 Å². The molecule has 45 heavy (non-hydrogen) atoms. The van der Waals surface area contributed by atoms with E-state index in [1.54, 1.807) is 0 Å². The van der Waals surface area contributed by atoms with E-state index in [4.69, 9.17) is 19.7 Å². The van der Waals surface area contributed by atoms with Gasteiger partial charge in [-0.2, -0.15) is 0 Å². The Morgan fingerprint density at radius 3 is 1.62 bits per heavy atom. The number of aliphatic hydroxyl groups excluding tert-OH is 2. The van der Waals surface area contributed by atoms with E-state index in [0.29, 0.717) is 50.5 Å². The monoisotopic (exact) mass is 624 g/mol. The van der Waals surface area contributed by atoms with E-state index in [1.165, 1.54) is 0 Å². The lowest BCUT2D eigenvalue weighted by Gasteiger charge is -2.26. The van der Waals surface area contributed by atoms with Crippen molar-refractivity contribution < 1.29 is 34.1 Å². The third-order valence-corrected chi connectivity index (χ3v) is 8.11. The average molecular weight is 625 g/mol. The Kier molecular flexibility index (Phi) is 15.2. The number of nitrogens with zero attached hydrogens (tertiary/aromatic N) is 2. The number of aldehydes is 1. The van der Waals surface area contributed by atoms with Crippen LogP contribution in [0.2, 0.25) is 0 Å². The lowest BCUT2D eigenvalue weighted by Crippen LogP contribution is -2.32. The molecule has 0 bridgehead atoms. The largest absolute Gasteiger partial charge is 0.394 e. The standard InChI is InChI=1S/C18H25NO3.C16H21NO2.C2H6O2/c1-13(2)9-14(10-17-21-7-8-22-17)11-19-12-15-5-3-4-6-16(15)18(19)20;1-12(2)9-13(7-8-18)10-17-11-14-5-3-4-6-15(14)16(17)19;3-1-2-4/h3-6,13-14,17H,7-12H2,1-2H3;3-6,8,12-13H,7,9-11H2,1-2H3;3-4H,1-2H2/t14-;13-;/m01./s1. The maximum Gasteiger partial charge on any atom is 0.254 e. The van der Waals surface area contributed by atoms with Crippen molar-refractivity contribution in [3.63, 3.8) is 0 Å². The lowest BCUT2D eigenvalue weighted by molar-refractivity contribution is -0.108. The molecule has 0 unspecified atom stereocenters. The fourth-order valence-electron chi connectivity index (χ4n) is 6.32. The predicted octanol–water partition coefficient (Wildman–Crippen LogP) is 4.93. The minimum Gasteiger partial charge on any atom is -0.394 e. The van der Waals surface area contributed by atoms with Crippen molar-refractivity contribution in [2.24, 2.45) is 23.7 Å². The molecule has 2 atom stereocenters. The Balaban J connectivity index is 0.000000222. The number of benzene rings is 2. The van der Waals surface area contributed by atoms with Crippen LogP contribution in [0.5, 0.6) is 0 Å². The molecule has 248 valence electrons. The third-order valence-electron chi connectivity index (χ3n) is 8.11. The van der Waals surface area contributed by atoms with Crippen molar-refractivity contribution in [1.29, 1.82) is 0 Å². The molecule has 2 aromatic rings. The zero-order valence-electron chi connectivity index (χ0n) is 27.4. The molecule has 2 amide bonds. The summed E-state index contributed by atoms with van der Waals surface area (Å²) in [4.78, 5) is 39.4. The van der Waals surface area contributed by atoms with Crippen molar-refractivity contribution in [2.75, 3.05) is 39.5 Å². The van der Waals surface area contributed by atoms with Crippen molar-refractivity contribution in [3.8, 4) is 0 Å². The molecule has 5 rings (SSSR count). The summed E-state index contributed by atoms with van der Waals surface area (Å²) in [5.41, 5.74) is 3.92. The quantitative estimate of drug-likeness (QED) is 0.304. The number of hydrogen-bond donors (Lipinski definition) is 2. The van der Waals surface area contributed by atoms with Gasteiger partial charge in [-0.05, 0) is 59.8 Å². The highest BCUT2D eigenvalue weighted by molar-refractivity contribution is 5.98. The summed E-state index contributed by atoms with van der Waals surface area (Å²) in [7, 11) is 0. The van der Waals surface area contributed by atoms with Gasteiger partial charge in [0.15, 0.2) is 6.29 Å². The molecule has 0 aromatic heterocycles. The molecule has 2 N–H and O–H groups in total. The number of aliphatic hydroxyl groups is 2. The minimum absolute atomic E-state index is 0.0937. The Bertz CT molecular complexity index is 1210. The number of amides is 2. The van der Waals surface area contributed by atoms with E-state index >= 15 is 0 Å². The molecular formula is C36H52N2O7. The lowest BCUT2D eigenvalue weighted by atomic mass is 9.93. The fraction of sp³-hybridized carbons (Fsp3) is 0.583. The first-order valence-electron chi connectivity index (χ1n) is 16.3. The van der Waals surface area contributed by atoms with Crippen molar-refractivity contribution in [2.45, 2.75) is 72.8 Å². The molecule has 3 heterocycles. The van der Waals surface area contributed by atoms with Crippen molar-refractivity contribution in [3.05, 3.63) is 70.8 Å². The van der Waals surface area contributed by atoms with Crippen LogP contribution >= 0.6 is 0 Å². The maximum atomic E-state index is 12.5. The summed E-state index contributed by atoms with van der Waals surface area (Å²) in [5, 5.41) is 15.2. The van der Waals surface area contributed by atoms with Gasteiger partial charge in [0, 0.05) is 50.1 Å². The van der Waals surface area contributed by atoms with Crippen LogP contribution in [-0.4, -0.2) is 83.9 Å². The van der Waals surface area contributed by atoms with Gasteiger partial charge < -0.3 is 34.3 Å². The van der Waals surface area contributed by atoms with Crippen LogP contribution in [0.3, 0.4) is 0 Å². The molecule has 1 saturated heterocycles. The average Bonchev–Trinajstić information content (AvgIpc) is 3.72. The zero-order valence-corrected chi connectivity index (χ0v) is 27.4. The van der Waals surface area contributed by atoms with Crippen LogP contribution in [0.4, 0.5) is 0 Å². The normalized spacial score (nSPS) is 17.1. The van der Waals surface area contributed by atoms with Crippen LogP contribution < -0.4 is 0 Å². The molecule has 9 heteroatoms. The predicted molar refractivity (Wildman–Crippen MR) is 173 cm³/mol. The summed E-state index contributed by atoms with van der Waals surface area (Å²) < 4.78 is 11.2. The summed E-state index contributed by atoms with van der Waals surface area (Å²) in [6.07, 6.45) is 4.36. The molecule has 0 spiro atoms. The van der Waals surface area contributed by atoms with Gasteiger partial charge in [-0.3, -0.25) is 9.59 Å². The van der Waals surface area contributed by atoms with Crippen LogP contribution in [0.25, 0.3) is 0 Å². The summed E-state index contributed by atoms with van der Waals surface area (Å²) in [6, 6.07) is 15.7. The number of carbonyl (C=O) groups excluding carboxylic acids is 3. The minimum atomic E-state index is -0.125. The van der Waals surface area contributed by atoms with Gasteiger partial charge in [-0.25, -0.2) is 0 Å². The second-order valence-electron chi connectivity index (χ2n) is 12.9. The number of carbonyl (C=O) groups is 3. The van der Waals surface area contributed by atoms with Gasteiger partial charge in [-0.15, -0.1) is 0 Å². The number of hydrogen-bond acceptors (Lipinski definition) is 7. The molecule has 1 fully saturated rings. The van der Waals surface area contributed by atoms with E-state index in [1.807, 2.05) is 58.3 Å². The van der Waals surface area contributed by atoms with Crippen molar-refractivity contribution >= 4 is 18.1 Å². The van der Waals surface area contributed by atoms with Crippen LogP contribution in [0.15, 0.2) is 48.5 Å². The Morgan fingerprint density at radius 2 is 1.20 bits per heavy atom. The molecule has 0 aliphatic carbocycles. The molecule has 2 aromatic carbocycles. The van der Waals surface area contributed by atoms with Crippen LogP contribution in [0.1, 0.15) is 85.2 Å². The van der Waals surface area contributed by atoms with Crippen LogP contribution in [0, 0.1) is 23.7 Å². The highest BCUT2D eigenvalue weighted by Crippen LogP contribution is 2.28. The van der Waals surface area contributed by atoms with Gasteiger partial charge in [0.05, 0.1) is 26.4 Å². The topological polar surface area (TPSA) is 117 Å². The highest BCUT2D eigenvalue weighted by Gasteiger charge is 2.31. The zero-order chi connectivity index (χ0) is 32.8. The van der Waals surface area contributed by atoms with Gasteiger partial charge in [-0.1, -0.05) is 64.1 Å². The van der Waals surface area contributed by atoms with Gasteiger partial charge in [0.25, 0.3) is 11.8 Å². The summed E-state index contributed by atoms with van der Waals surface area (Å²) >= 11 is 0. The SMILES string of the molecule is CC(C)C[C@@H](CC1OCCO1)CN1Cc2ccccc2C1=O.CC(C)C[C@@H](CC=O)CN1Cc2ccccc2C1=O.OCCO. The molecule has 0 radical (unpaired) electrons. The van der Waals surface area contributed by atoms with E-state index in [9.17, 15) is 14.4 Å². The summed E-state index contributed by atoms with van der Waals surface area (Å²) in [5.74, 6) is 2.11. The van der Waals surface area contributed by atoms with Gasteiger partial charge >= 0.3 is 0 Å². The van der Waals surface area contributed by atoms with E-state index in [2.05, 4.69) is 27.7 Å². The molecule has 3 aliphatic rings. The second kappa shape index (κ2) is 18.8. The number of fused-ring (bicyclic) bond motifs is 2. The maximum absolute atomic E-state index is 12.5. The van der Waals surface area contributed by atoms with E-state index in [-0.39, 0.29) is 37.2 Å². The van der Waals surface area contributed by atoms with Gasteiger partial charge in [0.2, 0.25) is 0 Å². The third kappa shape index (κ3) is 11.3. The fourth-order valence-corrected chi connectivity index (χ4v) is 6.32. The molecular weight excluding hydrogens is 572 g/mol. The molecule has 3 aliphatic heterocycles. The Hall–Kier alpha value is -3.11. The smallest absolute Gasteiger partial charge is 0.254 e. The second-order valence-corrected chi connectivity index (χ2v) is 12.9. The molecule has 9 nitrogen and oxygen atoms in total. The first kappa shape index (κ1) is 36.4. The Morgan fingerprint density at radius 1 is 0.756 bits per heavy atom. The number of rotatable bonds is 13. The first-order valence-corrected chi connectivity index (χ1v) is 16.3. The highest BCUT2D eigenvalue weighted by atomic mass is 16.7. The summed E-state index contributed by atoms with van der Waals surface area (Å²) in [6.45, 7) is 12.8.